The number of nitro benzene ring substituents is 1. The molecule has 2 aromatic carbocycles. The minimum atomic E-state index is -1.01. The van der Waals surface area contributed by atoms with Gasteiger partial charge >= 0.3 is 5.97 Å². The number of carbonyl (C=O) groups is 2. The zero-order chi connectivity index (χ0) is 22.4. The van der Waals surface area contributed by atoms with Crippen molar-refractivity contribution >= 4 is 29.2 Å². The molecule has 0 saturated carbocycles. The van der Waals surface area contributed by atoms with Crippen LogP contribution in [0.25, 0.3) is 0 Å². The van der Waals surface area contributed by atoms with Crippen LogP contribution in [0.3, 0.4) is 0 Å². The SMILES string of the molecule is COc1ccc(COC(=O)C(NC(=O)c2ccc([N+](=O)[O-])cc2Cl)C(C)C)cc1F. The van der Waals surface area contributed by atoms with Crippen LogP contribution in [0.4, 0.5) is 10.1 Å². The van der Waals surface area contributed by atoms with E-state index in [0.29, 0.717) is 5.56 Å². The molecule has 0 radical (unpaired) electrons. The van der Waals surface area contributed by atoms with Crippen molar-refractivity contribution in [2.45, 2.75) is 26.5 Å². The Bertz CT molecular complexity index is 966. The zero-order valence-corrected chi connectivity index (χ0v) is 17.2. The van der Waals surface area contributed by atoms with Gasteiger partial charge in [0.1, 0.15) is 12.6 Å². The van der Waals surface area contributed by atoms with Crippen LogP contribution in [0.2, 0.25) is 5.02 Å². The highest BCUT2D eigenvalue weighted by atomic mass is 35.5. The molecule has 1 N–H and O–H groups in total. The zero-order valence-electron chi connectivity index (χ0n) is 16.5. The van der Waals surface area contributed by atoms with Crippen molar-refractivity contribution in [3.8, 4) is 5.75 Å². The van der Waals surface area contributed by atoms with Crippen molar-refractivity contribution in [2.24, 2.45) is 5.92 Å². The van der Waals surface area contributed by atoms with Gasteiger partial charge in [0.25, 0.3) is 11.6 Å². The van der Waals surface area contributed by atoms with Crippen molar-refractivity contribution in [3.63, 3.8) is 0 Å². The highest BCUT2D eigenvalue weighted by molar-refractivity contribution is 6.34. The average Bonchev–Trinajstić information content (AvgIpc) is 2.69. The molecule has 1 unspecified atom stereocenters. The second kappa shape index (κ2) is 10.0. The number of hydrogen-bond donors (Lipinski definition) is 1. The summed E-state index contributed by atoms with van der Waals surface area (Å²) in [6, 6.07) is 6.54. The molecule has 160 valence electrons. The van der Waals surface area contributed by atoms with Gasteiger partial charge in [0.15, 0.2) is 11.6 Å². The number of halogens is 2. The Morgan fingerprint density at radius 1 is 1.23 bits per heavy atom. The third kappa shape index (κ3) is 5.66. The largest absolute Gasteiger partial charge is 0.494 e. The number of amides is 1. The van der Waals surface area contributed by atoms with E-state index in [9.17, 15) is 24.1 Å². The molecule has 0 fully saturated rings. The molecule has 2 aromatic rings. The van der Waals surface area contributed by atoms with E-state index in [2.05, 4.69) is 5.32 Å². The fraction of sp³-hybridized carbons (Fsp3) is 0.300. The summed E-state index contributed by atoms with van der Waals surface area (Å²) < 4.78 is 23.8. The van der Waals surface area contributed by atoms with Gasteiger partial charge < -0.3 is 14.8 Å². The molecule has 0 spiro atoms. The summed E-state index contributed by atoms with van der Waals surface area (Å²) in [6.45, 7) is 3.21. The molecule has 30 heavy (non-hydrogen) atoms. The summed E-state index contributed by atoms with van der Waals surface area (Å²) in [6.07, 6.45) is 0. The second-order valence-electron chi connectivity index (χ2n) is 6.69. The minimum absolute atomic E-state index is 0.0158. The third-order valence-electron chi connectivity index (χ3n) is 4.21. The predicted octanol–water partition coefficient (Wildman–Crippen LogP) is 3.89. The van der Waals surface area contributed by atoms with E-state index in [1.54, 1.807) is 19.9 Å². The summed E-state index contributed by atoms with van der Waals surface area (Å²) in [7, 11) is 1.34. The first-order valence-electron chi connectivity index (χ1n) is 8.88. The highest BCUT2D eigenvalue weighted by Gasteiger charge is 2.27. The summed E-state index contributed by atoms with van der Waals surface area (Å²) in [5.74, 6) is -2.25. The number of esters is 1. The Hall–Kier alpha value is -3.20. The van der Waals surface area contributed by atoms with Crippen LogP contribution in [0.5, 0.6) is 5.75 Å². The highest BCUT2D eigenvalue weighted by Crippen LogP contribution is 2.23. The second-order valence-corrected chi connectivity index (χ2v) is 7.10. The Kier molecular flexibility index (Phi) is 7.71. The van der Waals surface area contributed by atoms with Crippen LogP contribution >= 0.6 is 11.6 Å². The smallest absolute Gasteiger partial charge is 0.329 e. The molecule has 1 amide bonds. The van der Waals surface area contributed by atoms with E-state index < -0.39 is 28.7 Å². The normalized spacial score (nSPS) is 11.7. The lowest BCUT2D eigenvalue weighted by atomic mass is 10.0. The summed E-state index contributed by atoms with van der Waals surface area (Å²) in [4.78, 5) is 35.2. The fourth-order valence-electron chi connectivity index (χ4n) is 2.56. The number of nitrogens with zero attached hydrogens (tertiary/aromatic N) is 1. The van der Waals surface area contributed by atoms with E-state index in [0.717, 1.165) is 12.1 Å². The first kappa shape index (κ1) is 23.1. The molecule has 0 aromatic heterocycles. The van der Waals surface area contributed by atoms with Crippen molar-refractivity contribution in [3.05, 3.63) is 68.5 Å². The van der Waals surface area contributed by atoms with E-state index in [-0.39, 0.29) is 34.5 Å². The Balaban J connectivity index is 2.08. The molecule has 0 aliphatic carbocycles. The number of carbonyl (C=O) groups excluding carboxylic acids is 2. The summed E-state index contributed by atoms with van der Waals surface area (Å²) in [5.41, 5.74) is 0.134. The Labute approximate surface area is 177 Å². The van der Waals surface area contributed by atoms with Crippen molar-refractivity contribution in [1.29, 1.82) is 0 Å². The fourth-order valence-corrected chi connectivity index (χ4v) is 2.82. The number of nitro groups is 1. The predicted molar refractivity (Wildman–Crippen MR) is 107 cm³/mol. The van der Waals surface area contributed by atoms with Crippen LogP contribution in [0, 0.1) is 21.8 Å². The molecule has 0 aliphatic heterocycles. The third-order valence-corrected chi connectivity index (χ3v) is 4.53. The standard InChI is InChI=1S/C20H20ClFN2O6/c1-11(2)18(20(26)30-10-12-4-7-17(29-3)16(22)8-12)23-19(25)14-6-5-13(24(27)28)9-15(14)21/h4-9,11,18H,10H2,1-3H3,(H,23,25). The number of rotatable bonds is 8. The molecule has 8 nitrogen and oxygen atoms in total. The number of methoxy groups -OCH3 is 1. The van der Waals surface area contributed by atoms with Gasteiger partial charge in [0.2, 0.25) is 0 Å². The van der Waals surface area contributed by atoms with E-state index >= 15 is 0 Å². The first-order chi connectivity index (χ1) is 14.1. The van der Waals surface area contributed by atoms with Gasteiger partial charge in [-0.15, -0.1) is 0 Å². The quantitative estimate of drug-likeness (QED) is 0.380. The van der Waals surface area contributed by atoms with Gasteiger partial charge in [-0.1, -0.05) is 31.5 Å². The van der Waals surface area contributed by atoms with Crippen LogP contribution < -0.4 is 10.1 Å². The molecule has 0 saturated heterocycles. The van der Waals surface area contributed by atoms with Crippen LogP contribution in [-0.4, -0.2) is 30.0 Å². The average molecular weight is 439 g/mol. The monoisotopic (exact) mass is 438 g/mol. The maximum atomic E-state index is 13.8. The van der Waals surface area contributed by atoms with Gasteiger partial charge in [-0.3, -0.25) is 14.9 Å². The van der Waals surface area contributed by atoms with E-state index in [4.69, 9.17) is 21.1 Å². The number of nitrogens with one attached hydrogen (secondary N) is 1. The van der Waals surface area contributed by atoms with E-state index in [1.807, 2.05) is 0 Å². The Morgan fingerprint density at radius 2 is 1.93 bits per heavy atom. The number of non-ortho nitro benzene ring substituents is 1. The van der Waals surface area contributed by atoms with Crippen LogP contribution in [-0.2, 0) is 16.1 Å². The molecular weight excluding hydrogens is 419 g/mol. The molecule has 0 heterocycles. The van der Waals surface area contributed by atoms with Gasteiger partial charge in [-0.25, -0.2) is 9.18 Å². The maximum Gasteiger partial charge on any atom is 0.329 e. The van der Waals surface area contributed by atoms with Crippen molar-refractivity contribution in [1.82, 2.24) is 5.32 Å². The molecular formula is C20H20ClFN2O6. The molecule has 0 aliphatic rings. The Morgan fingerprint density at radius 3 is 2.47 bits per heavy atom. The van der Waals surface area contributed by atoms with Crippen molar-refractivity contribution in [2.75, 3.05) is 7.11 Å². The first-order valence-corrected chi connectivity index (χ1v) is 9.25. The summed E-state index contributed by atoms with van der Waals surface area (Å²) in [5, 5.41) is 13.2. The van der Waals surface area contributed by atoms with Crippen LogP contribution in [0.15, 0.2) is 36.4 Å². The topological polar surface area (TPSA) is 108 Å². The van der Waals surface area contributed by atoms with Crippen LogP contribution in [0.1, 0.15) is 29.8 Å². The van der Waals surface area contributed by atoms with Gasteiger partial charge in [-0.2, -0.15) is 0 Å². The number of hydrogen-bond acceptors (Lipinski definition) is 6. The van der Waals surface area contributed by atoms with Gasteiger partial charge in [0, 0.05) is 12.1 Å². The van der Waals surface area contributed by atoms with E-state index in [1.165, 1.54) is 25.3 Å². The van der Waals surface area contributed by atoms with Gasteiger partial charge in [0.05, 0.1) is 22.6 Å². The van der Waals surface area contributed by atoms with Gasteiger partial charge in [-0.05, 0) is 29.7 Å². The molecule has 1 atom stereocenters. The molecule has 2 rings (SSSR count). The molecule has 10 heteroatoms. The van der Waals surface area contributed by atoms with Crippen molar-refractivity contribution < 1.29 is 28.4 Å². The number of benzene rings is 2. The minimum Gasteiger partial charge on any atom is -0.494 e. The lowest BCUT2D eigenvalue weighted by molar-refractivity contribution is -0.384. The maximum absolute atomic E-state index is 13.8. The summed E-state index contributed by atoms with van der Waals surface area (Å²) >= 11 is 5.96. The lowest BCUT2D eigenvalue weighted by Crippen LogP contribution is -2.45. The number of ether oxygens (including phenoxy) is 2. The lowest BCUT2D eigenvalue weighted by Gasteiger charge is -2.21. The molecule has 0 bridgehead atoms.